The molecular formula is C17H19N5OS. The van der Waals surface area contributed by atoms with Gasteiger partial charge in [0.05, 0.1) is 6.04 Å². The topological polar surface area (TPSA) is 63.1 Å². The highest BCUT2D eigenvalue weighted by molar-refractivity contribution is 7.07. The van der Waals surface area contributed by atoms with E-state index in [1.165, 1.54) is 5.56 Å². The van der Waals surface area contributed by atoms with Crippen LogP contribution in [0.5, 0.6) is 0 Å². The van der Waals surface area contributed by atoms with Gasteiger partial charge in [0.1, 0.15) is 12.1 Å². The molecule has 3 aromatic heterocycles. The molecule has 3 aromatic rings. The number of hydrogen-bond acceptors (Lipinski definition) is 5. The molecule has 0 saturated carbocycles. The lowest BCUT2D eigenvalue weighted by molar-refractivity contribution is 0.0942. The molecule has 1 amide bonds. The number of rotatable bonds is 6. The van der Waals surface area contributed by atoms with Crippen molar-refractivity contribution >= 4 is 17.2 Å². The molecule has 3 rings (SSSR count). The molecule has 0 aliphatic rings. The maximum absolute atomic E-state index is 12.5. The molecule has 1 N–H and O–H groups in total. The molecule has 24 heavy (non-hydrogen) atoms. The van der Waals surface area contributed by atoms with Gasteiger partial charge < -0.3 is 10.2 Å². The molecular weight excluding hydrogens is 322 g/mol. The summed E-state index contributed by atoms with van der Waals surface area (Å²) in [5, 5.41) is 7.17. The van der Waals surface area contributed by atoms with Crippen LogP contribution in [0.25, 0.3) is 5.82 Å². The highest BCUT2D eigenvalue weighted by Crippen LogP contribution is 2.20. The van der Waals surface area contributed by atoms with Crippen LogP contribution in [0.4, 0.5) is 0 Å². The van der Waals surface area contributed by atoms with Crippen molar-refractivity contribution in [3.8, 4) is 5.82 Å². The zero-order chi connectivity index (χ0) is 16.9. The number of nitrogens with zero attached hydrogens (tertiary/aromatic N) is 4. The van der Waals surface area contributed by atoms with Crippen molar-refractivity contribution in [2.45, 2.75) is 6.04 Å². The zero-order valence-corrected chi connectivity index (χ0v) is 14.4. The lowest BCUT2D eigenvalue weighted by Crippen LogP contribution is -2.34. The molecule has 0 aliphatic carbocycles. The van der Waals surface area contributed by atoms with Crippen LogP contribution in [0, 0.1) is 0 Å². The number of thiophene rings is 1. The van der Waals surface area contributed by atoms with Gasteiger partial charge in [0, 0.05) is 30.7 Å². The smallest absolute Gasteiger partial charge is 0.251 e. The first kappa shape index (κ1) is 16.4. The summed E-state index contributed by atoms with van der Waals surface area (Å²) in [4.78, 5) is 22.8. The Bertz CT molecular complexity index is 783. The van der Waals surface area contributed by atoms with Gasteiger partial charge in [-0.1, -0.05) is 0 Å². The van der Waals surface area contributed by atoms with Crippen molar-refractivity contribution in [1.29, 1.82) is 0 Å². The molecule has 0 aliphatic heterocycles. The van der Waals surface area contributed by atoms with Crippen LogP contribution in [0.2, 0.25) is 0 Å². The third-order valence-electron chi connectivity index (χ3n) is 3.78. The Morgan fingerprint density at radius 1 is 1.38 bits per heavy atom. The summed E-state index contributed by atoms with van der Waals surface area (Å²) in [7, 11) is 4.02. The van der Waals surface area contributed by atoms with Gasteiger partial charge in [-0.05, 0) is 48.6 Å². The third-order valence-corrected chi connectivity index (χ3v) is 4.49. The summed E-state index contributed by atoms with van der Waals surface area (Å²) >= 11 is 1.66. The number of carbonyl (C=O) groups excluding carboxylic acids is 1. The highest BCUT2D eigenvalue weighted by atomic mass is 32.1. The monoisotopic (exact) mass is 341 g/mol. The van der Waals surface area contributed by atoms with Gasteiger partial charge in [-0.3, -0.25) is 9.36 Å². The summed E-state index contributed by atoms with van der Waals surface area (Å²) in [6, 6.07) is 5.71. The second-order valence-corrected chi connectivity index (χ2v) is 6.40. The van der Waals surface area contributed by atoms with Gasteiger partial charge in [0.2, 0.25) is 0 Å². The Kier molecular flexibility index (Phi) is 5.02. The minimum absolute atomic E-state index is 0.110. The Morgan fingerprint density at radius 3 is 2.92 bits per heavy atom. The van der Waals surface area contributed by atoms with Crippen molar-refractivity contribution in [1.82, 2.24) is 24.8 Å². The number of likely N-dealkylation sites (N-methyl/N-ethyl adjacent to an activating group) is 1. The molecule has 0 saturated heterocycles. The zero-order valence-electron chi connectivity index (χ0n) is 13.6. The lowest BCUT2D eigenvalue weighted by atomic mass is 10.1. The van der Waals surface area contributed by atoms with Gasteiger partial charge in [0.15, 0.2) is 0 Å². The minimum atomic E-state index is -0.110. The molecule has 0 bridgehead atoms. The summed E-state index contributed by atoms with van der Waals surface area (Å²) < 4.78 is 1.77. The molecule has 6 nitrogen and oxygen atoms in total. The number of pyridine rings is 1. The summed E-state index contributed by atoms with van der Waals surface area (Å²) in [5.41, 5.74) is 1.79. The SMILES string of the molecule is CN(C)[C@@H](CNC(=O)c1ccnc(-n2ccnc2)c1)c1ccsc1. The van der Waals surface area contributed by atoms with E-state index in [4.69, 9.17) is 0 Å². The van der Waals surface area contributed by atoms with E-state index in [2.05, 4.69) is 31.6 Å². The maximum atomic E-state index is 12.5. The number of imidazole rings is 1. The Labute approximate surface area is 144 Å². The Morgan fingerprint density at radius 2 is 2.25 bits per heavy atom. The Balaban J connectivity index is 1.70. The van der Waals surface area contributed by atoms with Crippen LogP contribution in [-0.4, -0.2) is 46.0 Å². The number of nitrogens with one attached hydrogen (secondary N) is 1. The molecule has 1 atom stereocenters. The van der Waals surface area contributed by atoms with E-state index in [1.807, 2.05) is 19.5 Å². The largest absolute Gasteiger partial charge is 0.350 e. The number of carbonyl (C=O) groups is 1. The minimum Gasteiger partial charge on any atom is -0.350 e. The van der Waals surface area contributed by atoms with Crippen molar-refractivity contribution < 1.29 is 4.79 Å². The first-order valence-electron chi connectivity index (χ1n) is 7.56. The van der Waals surface area contributed by atoms with Crippen LogP contribution in [-0.2, 0) is 0 Å². The van der Waals surface area contributed by atoms with Crippen LogP contribution in [0.15, 0.2) is 53.9 Å². The van der Waals surface area contributed by atoms with Crippen LogP contribution in [0.3, 0.4) is 0 Å². The molecule has 0 fully saturated rings. The van der Waals surface area contributed by atoms with E-state index in [9.17, 15) is 4.79 Å². The molecule has 124 valence electrons. The van der Waals surface area contributed by atoms with Crippen molar-refractivity contribution in [2.24, 2.45) is 0 Å². The van der Waals surface area contributed by atoms with Crippen LogP contribution in [0.1, 0.15) is 22.0 Å². The van der Waals surface area contributed by atoms with E-state index in [0.29, 0.717) is 17.9 Å². The quantitative estimate of drug-likeness (QED) is 0.748. The standard InChI is InChI=1S/C17H19N5OS/c1-21(2)15(14-4-8-24-11-14)10-20-17(23)13-3-5-19-16(9-13)22-7-6-18-12-22/h3-9,11-12,15H,10H2,1-2H3,(H,20,23)/t15-/m0/s1. The molecule has 0 unspecified atom stereocenters. The van der Waals surface area contributed by atoms with Gasteiger partial charge in [-0.15, -0.1) is 0 Å². The average molecular weight is 341 g/mol. The third kappa shape index (κ3) is 3.69. The van der Waals surface area contributed by atoms with E-state index in [1.54, 1.807) is 53.0 Å². The number of hydrogen-bond donors (Lipinski definition) is 1. The Hall–Kier alpha value is -2.51. The van der Waals surface area contributed by atoms with Crippen molar-refractivity contribution in [2.75, 3.05) is 20.6 Å². The number of amides is 1. The van der Waals surface area contributed by atoms with Gasteiger partial charge in [0.25, 0.3) is 5.91 Å². The summed E-state index contributed by atoms with van der Waals surface area (Å²) in [5.74, 6) is 0.558. The molecule has 0 aromatic carbocycles. The van der Waals surface area contributed by atoms with Gasteiger partial charge in [-0.25, -0.2) is 9.97 Å². The second-order valence-electron chi connectivity index (χ2n) is 5.62. The van der Waals surface area contributed by atoms with Gasteiger partial charge >= 0.3 is 0 Å². The molecule has 0 spiro atoms. The van der Waals surface area contributed by atoms with Gasteiger partial charge in [-0.2, -0.15) is 11.3 Å². The fourth-order valence-electron chi connectivity index (χ4n) is 2.45. The summed E-state index contributed by atoms with van der Waals surface area (Å²) in [6.45, 7) is 0.547. The second kappa shape index (κ2) is 7.37. The van der Waals surface area contributed by atoms with Crippen LogP contribution >= 0.6 is 11.3 Å². The predicted molar refractivity (Wildman–Crippen MR) is 94.4 cm³/mol. The lowest BCUT2D eigenvalue weighted by Gasteiger charge is -2.24. The average Bonchev–Trinajstić information content (AvgIpc) is 3.28. The predicted octanol–water partition coefficient (Wildman–Crippen LogP) is 2.36. The highest BCUT2D eigenvalue weighted by Gasteiger charge is 2.16. The van der Waals surface area contributed by atoms with Crippen molar-refractivity contribution in [3.05, 3.63) is 65.0 Å². The molecule has 3 heterocycles. The number of aromatic nitrogens is 3. The van der Waals surface area contributed by atoms with E-state index < -0.39 is 0 Å². The first-order valence-corrected chi connectivity index (χ1v) is 8.50. The molecule has 7 heteroatoms. The normalized spacial score (nSPS) is 12.3. The van der Waals surface area contributed by atoms with E-state index in [0.717, 1.165) is 0 Å². The fraction of sp³-hybridized carbons (Fsp3) is 0.235. The molecule has 0 radical (unpaired) electrons. The van der Waals surface area contributed by atoms with Crippen LogP contribution < -0.4 is 5.32 Å². The summed E-state index contributed by atoms with van der Waals surface area (Å²) in [6.07, 6.45) is 6.76. The maximum Gasteiger partial charge on any atom is 0.251 e. The van der Waals surface area contributed by atoms with E-state index >= 15 is 0 Å². The fourth-order valence-corrected chi connectivity index (χ4v) is 3.16. The van der Waals surface area contributed by atoms with Crippen molar-refractivity contribution in [3.63, 3.8) is 0 Å². The van der Waals surface area contributed by atoms with E-state index in [-0.39, 0.29) is 11.9 Å². The first-order chi connectivity index (χ1) is 11.6.